The topological polar surface area (TPSA) is 114 Å². The van der Waals surface area contributed by atoms with Gasteiger partial charge in [0.25, 0.3) is 5.69 Å². The first kappa shape index (κ1) is 17.3. The van der Waals surface area contributed by atoms with Gasteiger partial charge in [-0.25, -0.2) is 18.1 Å². The molecular weight excluding hydrogens is 340 g/mol. The molecule has 0 unspecified atom stereocenters. The molecule has 0 bridgehead atoms. The Hall–Kier alpha value is -2.04. The van der Waals surface area contributed by atoms with Gasteiger partial charge in [-0.2, -0.15) is 0 Å². The van der Waals surface area contributed by atoms with Crippen molar-refractivity contribution in [2.24, 2.45) is 0 Å². The first-order chi connectivity index (χ1) is 10.7. The van der Waals surface area contributed by atoms with Gasteiger partial charge in [0.2, 0.25) is 10.0 Å². The lowest BCUT2D eigenvalue weighted by Gasteiger charge is -2.08. The molecule has 1 aromatic heterocycles. The highest BCUT2D eigenvalue weighted by Crippen LogP contribution is 2.28. The number of anilines is 1. The maximum absolute atomic E-state index is 11.7. The van der Waals surface area contributed by atoms with Gasteiger partial charge in [-0.05, 0) is 33.0 Å². The summed E-state index contributed by atoms with van der Waals surface area (Å²) in [6, 6.07) is 3.74. The zero-order valence-electron chi connectivity index (χ0n) is 12.8. The lowest BCUT2D eigenvalue weighted by molar-refractivity contribution is -0.384. The molecule has 0 fully saturated rings. The Balaban J connectivity index is 2.29. The molecule has 124 valence electrons. The molecule has 1 aromatic carbocycles. The van der Waals surface area contributed by atoms with Crippen LogP contribution in [0.15, 0.2) is 23.1 Å². The smallest absolute Gasteiger partial charge is 0.293 e. The molecule has 0 atom stereocenters. The third-order valence-corrected chi connectivity index (χ3v) is 5.73. The van der Waals surface area contributed by atoms with Crippen LogP contribution < -0.4 is 10.0 Å². The molecular formula is C13H16N4O4S2. The monoisotopic (exact) mass is 356 g/mol. The average Bonchev–Trinajstić information content (AvgIpc) is 2.83. The molecule has 2 aromatic rings. The summed E-state index contributed by atoms with van der Waals surface area (Å²) in [7, 11) is -2.48. The predicted molar refractivity (Wildman–Crippen MR) is 88.3 cm³/mol. The second-order valence-electron chi connectivity index (χ2n) is 4.75. The van der Waals surface area contributed by atoms with Crippen LogP contribution >= 0.6 is 11.3 Å². The summed E-state index contributed by atoms with van der Waals surface area (Å²) in [6.07, 6.45) is 0. The number of hydrogen-bond donors (Lipinski definition) is 2. The summed E-state index contributed by atoms with van der Waals surface area (Å²) in [4.78, 5) is 15.9. The van der Waals surface area contributed by atoms with Crippen molar-refractivity contribution in [1.82, 2.24) is 9.71 Å². The van der Waals surface area contributed by atoms with E-state index in [1.165, 1.54) is 30.5 Å². The molecule has 2 N–H and O–H groups in total. The molecule has 0 spiro atoms. The van der Waals surface area contributed by atoms with Crippen molar-refractivity contribution in [2.75, 3.05) is 12.4 Å². The molecule has 0 aliphatic rings. The molecule has 10 heteroatoms. The van der Waals surface area contributed by atoms with Crippen LogP contribution in [0.25, 0.3) is 0 Å². The average molecular weight is 356 g/mol. The van der Waals surface area contributed by atoms with Crippen LogP contribution in [0.2, 0.25) is 0 Å². The van der Waals surface area contributed by atoms with Crippen molar-refractivity contribution in [3.8, 4) is 0 Å². The van der Waals surface area contributed by atoms with Gasteiger partial charge in [-0.3, -0.25) is 10.1 Å². The van der Waals surface area contributed by atoms with Gasteiger partial charge in [0, 0.05) is 10.9 Å². The van der Waals surface area contributed by atoms with E-state index in [1.54, 1.807) is 0 Å². The van der Waals surface area contributed by atoms with Crippen LogP contribution in [-0.2, 0) is 16.6 Å². The number of nitro benzene ring substituents is 1. The van der Waals surface area contributed by atoms with Crippen LogP contribution in [-0.4, -0.2) is 25.4 Å². The standard InChI is InChI=1S/C13H16N4O4S2/c1-8-9(2)22-13(16-8)7-15-11-5-4-10(23(20,21)14-3)6-12(11)17(18)19/h4-6,14-15H,7H2,1-3H3. The molecule has 0 saturated heterocycles. The summed E-state index contributed by atoms with van der Waals surface area (Å²) >= 11 is 1.51. The zero-order valence-corrected chi connectivity index (χ0v) is 14.4. The minimum atomic E-state index is -3.73. The van der Waals surface area contributed by atoms with E-state index >= 15 is 0 Å². The lowest BCUT2D eigenvalue weighted by atomic mass is 10.2. The van der Waals surface area contributed by atoms with Crippen molar-refractivity contribution in [3.05, 3.63) is 43.9 Å². The molecule has 8 nitrogen and oxygen atoms in total. The van der Waals surface area contributed by atoms with E-state index in [0.717, 1.165) is 21.6 Å². The minimum absolute atomic E-state index is 0.154. The van der Waals surface area contributed by atoms with Gasteiger partial charge in [0.15, 0.2) is 0 Å². The number of aryl methyl sites for hydroxylation is 2. The van der Waals surface area contributed by atoms with Gasteiger partial charge in [0.1, 0.15) is 10.7 Å². The first-order valence-corrected chi connectivity index (χ1v) is 8.93. The Morgan fingerprint density at radius 1 is 1.35 bits per heavy atom. The summed E-state index contributed by atoms with van der Waals surface area (Å²) in [5, 5.41) is 14.9. The second kappa shape index (κ2) is 6.60. The van der Waals surface area contributed by atoms with Gasteiger partial charge >= 0.3 is 0 Å². The number of rotatable bonds is 6. The predicted octanol–water partition coefficient (Wildman–Crippen LogP) is 2.19. The minimum Gasteiger partial charge on any atom is -0.373 e. The summed E-state index contributed by atoms with van der Waals surface area (Å²) in [5.41, 5.74) is 0.874. The number of nitro groups is 1. The number of hydrogen-bond acceptors (Lipinski definition) is 7. The van der Waals surface area contributed by atoms with Gasteiger partial charge in [-0.1, -0.05) is 0 Å². The number of aromatic nitrogens is 1. The molecule has 0 aliphatic heterocycles. The lowest BCUT2D eigenvalue weighted by Crippen LogP contribution is -2.18. The quantitative estimate of drug-likeness (QED) is 0.606. The van der Waals surface area contributed by atoms with E-state index in [-0.39, 0.29) is 16.3 Å². The van der Waals surface area contributed by atoms with E-state index in [0.29, 0.717) is 6.54 Å². The fourth-order valence-corrected chi connectivity index (χ4v) is 3.51. The highest BCUT2D eigenvalue weighted by atomic mass is 32.2. The highest BCUT2D eigenvalue weighted by Gasteiger charge is 2.20. The van der Waals surface area contributed by atoms with Crippen LogP contribution in [0, 0.1) is 24.0 Å². The zero-order chi connectivity index (χ0) is 17.2. The van der Waals surface area contributed by atoms with Gasteiger partial charge in [-0.15, -0.1) is 11.3 Å². The van der Waals surface area contributed by atoms with Crippen molar-refractivity contribution < 1.29 is 13.3 Å². The van der Waals surface area contributed by atoms with Crippen LogP contribution in [0.5, 0.6) is 0 Å². The van der Waals surface area contributed by atoms with Crippen molar-refractivity contribution in [3.63, 3.8) is 0 Å². The van der Waals surface area contributed by atoms with Crippen molar-refractivity contribution in [1.29, 1.82) is 0 Å². The van der Waals surface area contributed by atoms with Gasteiger partial charge < -0.3 is 5.32 Å². The maximum Gasteiger partial charge on any atom is 0.293 e. The summed E-state index contributed by atoms with van der Waals surface area (Å²) in [5.74, 6) is 0. The van der Waals surface area contributed by atoms with E-state index in [2.05, 4.69) is 15.0 Å². The third kappa shape index (κ3) is 3.84. The normalized spacial score (nSPS) is 11.4. The number of nitrogens with zero attached hydrogens (tertiary/aromatic N) is 2. The van der Waals surface area contributed by atoms with Crippen LogP contribution in [0.3, 0.4) is 0 Å². The van der Waals surface area contributed by atoms with Crippen LogP contribution in [0.4, 0.5) is 11.4 Å². The molecule has 1 heterocycles. The largest absolute Gasteiger partial charge is 0.373 e. The Bertz CT molecular complexity index is 826. The first-order valence-electron chi connectivity index (χ1n) is 6.63. The number of benzene rings is 1. The maximum atomic E-state index is 11.7. The molecule has 0 aliphatic carbocycles. The molecule has 0 amide bonds. The third-order valence-electron chi connectivity index (χ3n) is 3.25. The summed E-state index contributed by atoms with van der Waals surface area (Å²) < 4.78 is 25.6. The molecule has 23 heavy (non-hydrogen) atoms. The van der Waals surface area contributed by atoms with E-state index in [9.17, 15) is 18.5 Å². The number of thiazole rings is 1. The van der Waals surface area contributed by atoms with Gasteiger partial charge in [0.05, 0.1) is 22.1 Å². The van der Waals surface area contributed by atoms with E-state index in [4.69, 9.17) is 0 Å². The van der Waals surface area contributed by atoms with Crippen molar-refractivity contribution >= 4 is 32.7 Å². The van der Waals surface area contributed by atoms with E-state index < -0.39 is 14.9 Å². The van der Waals surface area contributed by atoms with Crippen LogP contribution in [0.1, 0.15) is 15.6 Å². The Labute approximate surface area is 137 Å². The summed E-state index contributed by atoms with van der Waals surface area (Å²) in [6.45, 7) is 4.18. The highest BCUT2D eigenvalue weighted by molar-refractivity contribution is 7.89. The fourth-order valence-electron chi connectivity index (χ4n) is 1.88. The Kier molecular flexibility index (Phi) is 4.97. The van der Waals surface area contributed by atoms with Crippen molar-refractivity contribution in [2.45, 2.75) is 25.3 Å². The number of sulfonamides is 1. The van der Waals surface area contributed by atoms with E-state index in [1.807, 2.05) is 13.8 Å². The molecule has 0 radical (unpaired) electrons. The Morgan fingerprint density at radius 2 is 2.04 bits per heavy atom. The second-order valence-corrected chi connectivity index (χ2v) is 7.92. The number of nitrogens with one attached hydrogen (secondary N) is 2. The Morgan fingerprint density at radius 3 is 2.57 bits per heavy atom. The molecule has 2 rings (SSSR count). The molecule has 0 saturated carbocycles. The SMILES string of the molecule is CNS(=O)(=O)c1ccc(NCc2nc(C)c(C)s2)c([N+](=O)[O-])c1. The fraction of sp³-hybridized carbons (Fsp3) is 0.308.